The minimum atomic E-state index is -0.427. The highest BCUT2D eigenvalue weighted by Crippen LogP contribution is 2.31. The molecular formula is C30H27ClN4O6. The van der Waals surface area contributed by atoms with Crippen molar-refractivity contribution in [2.24, 2.45) is 0 Å². The van der Waals surface area contributed by atoms with E-state index in [1.165, 1.54) is 17.9 Å². The molecular weight excluding hydrogens is 548 g/mol. The van der Waals surface area contributed by atoms with Crippen molar-refractivity contribution in [2.75, 3.05) is 24.7 Å². The number of esters is 1. The smallest absolute Gasteiger partial charge is 0.302 e. The molecule has 3 aromatic carbocycles. The molecule has 1 aliphatic rings. The van der Waals surface area contributed by atoms with Gasteiger partial charge < -0.3 is 18.8 Å². The zero-order valence-electron chi connectivity index (χ0n) is 22.5. The zero-order valence-corrected chi connectivity index (χ0v) is 23.3. The van der Waals surface area contributed by atoms with E-state index in [-0.39, 0.29) is 49.3 Å². The predicted octanol–water partition coefficient (Wildman–Crippen LogP) is 4.83. The van der Waals surface area contributed by atoms with Crippen LogP contribution in [0.4, 0.5) is 5.69 Å². The topological polar surface area (TPSA) is 115 Å². The van der Waals surface area contributed by atoms with Crippen LogP contribution in [0, 0.1) is 6.92 Å². The lowest BCUT2D eigenvalue weighted by molar-refractivity contribution is -0.141. The average molecular weight is 575 g/mol. The first-order chi connectivity index (χ1) is 19.8. The van der Waals surface area contributed by atoms with Gasteiger partial charge in [0, 0.05) is 24.7 Å². The maximum atomic E-state index is 13.7. The Bertz CT molecular complexity index is 1590. The lowest BCUT2D eigenvalue weighted by Crippen LogP contribution is -2.40. The Balaban J connectivity index is 1.33. The fourth-order valence-electron chi connectivity index (χ4n) is 4.39. The van der Waals surface area contributed by atoms with Crippen LogP contribution in [0.3, 0.4) is 0 Å². The average Bonchev–Trinajstić information content (AvgIpc) is 3.37. The van der Waals surface area contributed by atoms with Crippen molar-refractivity contribution in [3.05, 3.63) is 94.3 Å². The molecule has 210 valence electrons. The molecule has 0 N–H and O–H groups in total. The zero-order chi connectivity index (χ0) is 28.9. The Morgan fingerprint density at radius 3 is 2.54 bits per heavy atom. The Labute approximate surface area is 241 Å². The van der Waals surface area contributed by atoms with E-state index in [4.69, 9.17) is 25.5 Å². The minimum absolute atomic E-state index is 0.0909. The molecule has 2 amide bonds. The number of carbonyl (C=O) groups is 3. The third-order valence-corrected chi connectivity index (χ3v) is 6.77. The van der Waals surface area contributed by atoms with Gasteiger partial charge in [-0.3, -0.25) is 19.3 Å². The number of rotatable bonds is 8. The van der Waals surface area contributed by atoms with Crippen molar-refractivity contribution in [3.63, 3.8) is 0 Å². The number of hydrogen-bond donors (Lipinski definition) is 0. The lowest BCUT2D eigenvalue weighted by Gasteiger charge is -2.23. The number of benzene rings is 3. The van der Waals surface area contributed by atoms with Crippen LogP contribution in [0.15, 0.2) is 71.1 Å². The minimum Gasteiger partial charge on any atom is -0.490 e. The number of nitrogens with zero attached hydrogens (tertiary/aromatic N) is 4. The second-order valence-corrected chi connectivity index (χ2v) is 9.87. The van der Waals surface area contributed by atoms with Crippen LogP contribution in [-0.2, 0) is 27.4 Å². The molecule has 11 heteroatoms. The summed E-state index contributed by atoms with van der Waals surface area (Å²) in [5.41, 5.74) is 3.51. The van der Waals surface area contributed by atoms with Gasteiger partial charge in [-0.15, -0.1) is 10.2 Å². The number of fused-ring (bicyclic) bond motifs is 1. The molecule has 0 saturated carbocycles. The Morgan fingerprint density at radius 1 is 1.00 bits per heavy atom. The quantitative estimate of drug-likeness (QED) is 0.217. The van der Waals surface area contributed by atoms with Crippen LogP contribution < -0.4 is 9.64 Å². The summed E-state index contributed by atoms with van der Waals surface area (Å²) < 4.78 is 16.3. The summed E-state index contributed by atoms with van der Waals surface area (Å²) in [4.78, 5) is 41.1. The molecule has 0 saturated heterocycles. The van der Waals surface area contributed by atoms with Crippen LogP contribution in [0.5, 0.6) is 5.75 Å². The van der Waals surface area contributed by atoms with E-state index in [1.807, 2.05) is 49.4 Å². The highest BCUT2D eigenvalue weighted by atomic mass is 35.5. The van der Waals surface area contributed by atoms with Gasteiger partial charge in [-0.05, 0) is 48.9 Å². The van der Waals surface area contributed by atoms with Gasteiger partial charge in [-0.25, -0.2) is 0 Å². The first-order valence-electron chi connectivity index (χ1n) is 12.9. The van der Waals surface area contributed by atoms with Gasteiger partial charge in [-0.2, -0.15) is 0 Å². The summed E-state index contributed by atoms with van der Waals surface area (Å²) in [6.07, 6.45) is 0. The molecule has 0 aliphatic carbocycles. The van der Waals surface area contributed by atoms with Crippen molar-refractivity contribution in [2.45, 2.75) is 26.9 Å². The Kier molecular flexibility index (Phi) is 8.30. The van der Waals surface area contributed by atoms with Crippen LogP contribution in [-0.4, -0.2) is 52.6 Å². The first-order valence-corrected chi connectivity index (χ1v) is 13.3. The number of amides is 2. The third kappa shape index (κ3) is 6.55. The lowest BCUT2D eigenvalue weighted by atomic mass is 10.1. The molecule has 0 spiro atoms. The predicted molar refractivity (Wildman–Crippen MR) is 150 cm³/mol. The maximum absolute atomic E-state index is 13.7. The van der Waals surface area contributed by atoms with E-state index in [0.717, 1.165) is 16.7 Å². The van der Waals surface area contributed by atoms with Gasteiger partial charge in [0.05, 0.1) is 17.1 Å². The molecule has 4 aromatic rings. The SMILES string of the molecule is CC(=O)OCCOc1ccc(C(=O)N2CC(=O)N(Cc3nnc(-c4ccc(C)cc4)o3)Cc3ccccc32)c(Cl)c1. The summed E-state index contributed by atoms with van der Waals surface area (Å²) in [6, 6.07) is 19.7. The van der Waals surface area contributed by atoms with Crippen LogP contribution >= 0.6 is 11.6 Å². The van der Waals surface area contributed by atoms with Crippen molar-refractivity contribution in [1.29, 1.82) is 0 Å². The monoisotopic (exact) mass is 574 g/mol. The number of para-hydroxylation sites is 1. The first kappa shape index (κ1) is 27.9. The van der Waals surface area contributed by atoms with Gasteiger partial charge in [0.2, 0.25) is 17.7 Å². The number of hydrogen-bond acceptors (Lipinski definition) is 8. The van der Waals surface area contributed by atoms with Gasteiger partial charge >= 0.3 is 5.97 Å². The summed E-state index contributed by atoms with van der Waals surface area (Å²) in [6.45, 7) is 3.68. The standard InChI is InChI=1S/C30H27ClN4O6/c1-19-7-9-21(10-8-19)29-33-32-27(41-29)17-34-16-22-5-3-4-6-26(22)35(18-28(34)37)30(38)24-12-11-23(15-25(24)31)40-14-13-39-20(2)36/h3-12,15H,13-14,16-18H2,1-2H3. The Hall–Kier alpha value is -4.70. The van der Waals surface area contributed by atoms with Crippen molar-refractivity contribution in [1.82, 2.24) is 15.1 Å². The second kappa shape index (κ2) is 12.2. The molecule has 0 atom stereocenters. The van der Waals surface area contributed by atoms with Gasteiger partial charge in [-0.1, -0.05) is 47.5 Å². The second-order valence-electron chi connectivity index (χ2n) is 9.47. The van der Waals surface area contributed by atoms with Crippen molar-refractivity contribution >= 4 is 35.1 Å². The molecule has 1 aromatic heterocycles. The van der Waals surface area contributed by atoms with Gasteiger partial charge in [0.25, 0.3) is 5.91 Å². The number of carbonyl (C=O) groups excluding carboxylic acids is 3. The van der Waals surface area contributed by atoms with E-state index >= 15 is 0 Å². The molecule has 41 heavy (non-hydrogen) atoms. The number of aryl methyl sites for hydroxylation is 1. The van der Waals surface area contributed by atoms with E-state index < -0.39 is 11.9 Å². The van der Waals surface area contributed by atoms with Crippen LogP contribution in [0.2, 0.25) is 5.02 Å². The summed E-state index contributed by atoms with van der Waals surface area (Å²) in [5, 5.41) is 8.45. The molecule has 0 unspecified atom stereocenters. The van der Waals surface area contributed by atoms with Crippen molar-refractivity contribution in [3.8, 4) is 17.2 Å². The van der Waals surface area contributed by atoms with Crippen LogP contribution in [0.25, 0.3) is 11.5 Å². The molecule has 5 rings (SSSR count). The van der Waals surface area contributed by atoms with E-state index in [2.05, 4.69) is 10.2 Å². The fourth-order valence-corrected chi connectivity index (χ4v) is 4.64. The van der Waals surface area contributed by atoms with Gasteiger partial charge in [0.15, 0.2) is 0 Å². The van der Waals surface area contributed by atoms with Crippen molar-refractivity contribution < 1.29 is 28.3 Å². The molecule has 0 fully saturated rings. The summed E-state index contributed by atoms with van der Waals surface area (Å²) >= 11 is 6.47. The summed E-state index contributed by atoms with van der Waals surface area (Å²) in [5.74, 6) is -0.0366. The molecule has 0 bridgehead atoms. The fraction of sp³-hybridized carbons (Fsp3) is 0.233. The maximum Gasteiger partial charge on any atom is 0.302 e. The molecule has 0 radical (unpaired) electrons. The largest absolute Gasteiger partial charge is 0.490 e. The summed E-state index contributed by atoms with van der Waals surface area (Å²) in [7, 11) is 0. The van der Waals surface area contributed by atoms with Gasteiger partial charge in [0.1, 0.15) is 25.5 Å². The number of aromatic nitrogens is 2. The molecule has 10 nitrogen and oxygen atoms in total. The number of anilines is 1. The number of halogens is 1. The normalized spacial score (nSPS) is 13.0. The van der Waals surface area contributed by atoms with E-state index in [1.54, 1.807) is 23.1 Å². The third-order valence-electron chi connectivity index (χ3n) is 6.45. The highest BCUT2D eigenvalue weighted by Gasteiger charge is 2.31. The Morgan fingerprint density at radius 2 is 1.78 bits per heavy atom. The van der Waals surface area contributed by atoms with E-state index in [0.29, 0.717) is 23.2 Å². The number of ether oxygens (including phenoxy) is 2. The molecule has 2 heterocycles. The highest BCUT2D eigenvalue weighted by molar-refractivity contribution is 6.34. The van der Waals surface area contributed by atoms with Crippen LogP contribution in [0.1, 0.15) is 34.3 Å². The molecule has 1 aliphatic heterocycles. The van der Waals surface area contributed by atoms with E-state index in [9.17, 15) is 14.4 Å².